The number of aryl methyl sites for hydroxylation is 2. The lowest BCUT2D eigenvalue weighted by Crippen LogP contribution is -2.54. The quantitative estimate of drug-likeness (QED) is 0.167. The highest BCUT2D eigenvalue weighted by atomic mass is 35.5. The minimum Gasteiger partial charge on any atom is -0.352 e. The molecule has 0 aliphatic heterocycles. The van der Waals surface area contributed by atoms with E-state index in [0.717, 1.165) is 46.7 Å². The Morgan fingerprint density at radius 2 is 1.47 bits per heavy atom. The van der Waals surface area contributed by atoms with Gasteiger partial charge in [0.25, 0.3) is 10.0 Å². The van der Waals surface area contributed by atoms with Gasteiger partial charge in [-0.3, -0.25) is 13.9 Å². The van der Waals surface area contributed by atoms with Crippen LogP contribution >= 0.6 is 23.2 Å². The number of sulfonamides is 1. The van der Waals surface area contributed by atoms with E-state index in [1.165, 1.54) is 17.0 Å². The number of nitrogens with zero attached hydrogens (tertiary/aromatic N) is 2. The molecule has 0 unspecified atom stereocenters. The molecule has 7 nitrogen and oxygen atoms in total. The van der Waals surface area contributed by atoms with E-state index in [4.69, 9.17) is 23.2 Å². The van der Waals surface area contributed by atoms with Gasteiger partial charge in [-0.15, -0.1) is 0 Å². The van der Waals surface area contributed by atoms with E-state index in [9.17, 15) is 18.0 Å². The molecule has 1 atom stereocenters. The third kappa shape index (κ3) is 8.74. The number of halogens is 2. The first kappa shape index (κ1) is 34.5. The molecule has 1 fully saturated rings. The minimum absolute atomic E-state index is 0.0309. The number of hydrogen-bond acceptors (Lipinski definition) is 4. The summed E-state index contributed by atoms with van der Waals surface area (Å²) in [5.74, 6) is -0.786. The normalized spacial score (nSPS) is 14.0. The van der Waals surface area contributed by atoms with Crippen molar-refractivity contribution in [1.82, 2.24) is 10.2 Å². The molecular formula is C37H39Cl2N3O4S. The lowest BCUT2D eigenvalue weighted by atomic mass is 10.0. The lowest BCUT2D eigenvalue weighted by molar-refractivity contribution is -0.140. The number of rotatable bonds is 12. The van der Waals surface area contributed by atoms with Gasteiger partial charge in [-0.1, -0.05) is 96.2 Å². The van der Waals surface area contributed by atoms with Crippen LogP contribution < -0.4 is 9.62 Å². The first-order chi connectivity index (χ1) is 22.5. The largest absolute Gasteiger partial charge is 0.352 e. The molecule has 0 saturated heterocycles. The summed E-state index contributed by atoms with van der Waals surface area (Å²) in [6.07, 6.45) is 4.09. The maximum Gasteiger partial charge on any atom is 0.264 e. The van der Waals surface area contributed by atoms with Crippen molar-refractivity contribution in [2.75, 3.05) is 10.8 Å². The van der Waals surface area contributed by atoms with Gasteiger partial charge in [0, 0.05) is 29.1 Å². The molecule has 2 amide bonds. The summed E-state index contributed by atoms with van der Waals surface area (Å²) in [5, 5.41) is 4.18. The van der Waals surface area contributed by atoms with Crippen LogP contribution in [0.1, 0.15) is 47.9 Å². The van der Waals surface area contributed by atoms with Crippen molar-refractivity contribution < 1.29 is 18.0 Å². The van der Waals surface area contributed by atoms with Crippen molar-refractivity contribution in [3.05, 3.63) is 129 Å². The van der Waals surface area contributed by atoms with E-state index in [2.05, 4.69) is 5.32 Å². The Balaban J connectivity index is 1.58. The molecule has 1 N–H and O–H groups in total. The zero-order valence-electron chi connectivity index (χ0n) is 26.5. The minimum atomic E-state index is -4.21. The number of hydrogen-bond donors (Lipinski definition) is 1. The number of nitrogens with one attached hydrogen (secondary N) is 1. The second-order valence-corrected chi connectivity index (χ2v) is 14.8. The fourth-order valence-electron chi connectivity index (χ4n) is 5.96. The molecule has 0 radical (unpaired) electrons. The van der Waals surface area contributed by atoms with E-state index >= 15 is 0 Å². The topological polar surface area (TPSA) is 86.8 Å². The summed E-state index contributed by atoms with van der Waals surface area (Å²) in [4.78, 5) is 30.3. The van der Waals surface area contributed by atoms with Crippen LogP contribution in [0.15, 0.2) is 102 Å². The number of anilines is 1. The molecule has 4 aromatic rings. The van der Waals surface area contributed by atoms with Gasteiger partial charge >= 0.3 is 0 Å². The zero-order chi connectivity index (χ0) is 33.6. The summed E-state index contributed by atoms with van der Waals surface area (Å²) in [6, 6.07) is 27.1. The summed E-state index contributed by atoms with van der Waals surface area (Å²) < 4.78 is 29.7. The molecule has 47 heavy (non-hydrogen) atoms. The van der Waals surface area contributed by atoms with Crippen molar-refractivity contribution >= 4 is 50.7 Å². The fraction of sp³-hybridized carbons (Fsp3) is 0.297. The number of amides is 2. The molecule has 1 aliphatic carbocycles. The lowest BCUT2D eigenvalue weighted by Gasteiger charge is -2.34. The number of benzene rings is 4. The highest BCUT2D eigenvalue weighted by Crippen LogP contribution is 2.30. The van der Waals surface area contributed by atoms with Crippen LogP contribution in [0.3, 0.4) is 0 Å². The van der Waals surface area contributed by atoms with E-state index < -0.39 is 28.5 Å². The monoisotopic (exact) mass is 691 g/mol. The van der Waals surface area contributed by atoms with Crippen molar-refractivity contribution in [1.29, 1.82) is 0 Å². The van der Waals surface area contributed by atoms with Crippen molar-refractivity contribution in [3.8, 4) is 0 Å². The maximum atomic E-state index is 14.7. The fourth-order valence-corrected chi connectivity index (χ4v) is 7.79. The third-order valence-corrected chi connectivity index (χ3v) is 10.8. The smallest absolute Gasteiger partial charge is 0.264 e. The maximum absolute atomic E-state index is 14.7. The highest BCUT2D eigenvalue weighted by molar-refractivity contribution is 7.92. The van der Waals surface area contributed by atoms with Gasteiger partial charge in [0.05, 0.1) is 10.6 Å². The van der Waals surface area contributed by atoms with Crippen molar-refractivity contribution in [2.45, 2.75) is 69.5 Å². The van der Waals surface area contributed by atoms with E-state index in [0.29, 0.717) is 21.3 Å². The zero-order valence-corrected chi connectivity index (χ0v) is 28.9. The van der Waals surface area contributed by atoms with Crippen LogP contribution in [-0.2, 0) is 32.6 Å². The third-order valence-electron chi connectivity index (χ3n) is 8.55. The van der Waals surface area contributed by atoms with Gasteiger partial charge in [0.15, 0.2) is 0 Å². The summed E-state index contributed by atoms with van der Waals surface area (Å²) in [6.45, 7) is 3.17. The van der Waals surface area contributed by atoms with Gasteiger partial charge in [0.1, 0.15) is 12.6 Å². The van der Waals surface area contributed by atoms with Crippen molar-refractivity contribution in [2.24, 2.45) is 0 Å². The number of carbonyl (C=O) groups is 2. The van der Waals surface area contributed by atoms with Crippen LogP contribution in [0.5, 0.6) is 0 Å². The SMILES string of the molecule is Cc1ccc(S(=O)(=O)N(CC(=O)N(Cc2ccc(Cl)cc2)[C@H](Cc2ccccc2)C(=O)NC2CCCC2)c2ccc(Cl)cc2C)cc1. The van der Waals surface area contributed by atoms with Crippen molar-refractivity contribution in [3.63, 3.8) is 0 Å². The Labute approximate surface area is 287 Å². The average molecular weight is 693 g/mol. The Hall–Kier alpha value is -3.85. The predicted octanol–water partition coefficient (Wildman–Crippen LogP) is 7.50. The Bertz CT molecular complexity index is 1790. The van der Waals surface area contributed by atoms with E-state index in [1.54, 1.807) is 61.5 Å². The molecule has 10 heteroatoms. The van der Waals surface area contributed by atoms with Gasteiger partial charge < -0.3 is 10.2 Å². The summed E-state index contributed by atoms with van der Waals surface area (Å²) >= 11 is 12.4. The average Bonchev–Trinajstić information content (AvgIpc) is 3.56. The molecule has 1 saturated carbocycles. The van der Waals surface area contributed by atoms with Crippen LogP contribution in [0.4, 0.5) is 5.69 Å². The molecule has 0 aromatic heterocycles. The number of carbonyl (C=O) groups excluding carboxylic acids is 2. The van der Waals surface area contributed by atoms with Crippen LogP contribution in [0.25, 0.3) is 0 Å². The predicted molar refractivity (Wildman–Crippen MR) is 188 cm³/mol. The van der Waals surface area contributed by atoms with Gasteiger partial charge in [-0.05, 0) is 85.8 Å². The standard InChI is InChI=1S/C37H39Cl2N3O4S/c1-26-12-19-33(20-13-26)47(45,46)42(34-21-18-31(39)22-27(34)2)25-36(43)41(24-29-14-16-30(38)17-15-29)35(23-28-8-4-3-5-9-28)37(44)40-32-10-6-7-11-32/h3-5,8-9,12-22,32,35H,6-7,10-11,23-25H2,1-2H3,(H,40,44)/t35-/m1/s1. The van der Waals surface area contributed by atoms with Gasteiger partial charge in [-0.2, -0.15) is 0 Å². The first-order valence-corrected chi connectivity index (χ1v) is 17.9. The Kier molecular flexibility index (Phi) is 11.3. The Morgan fingerprint density at radius 1 is 0.830 bits per heavy atom. The molecule has 4 aromatic carbocycles. The molecule has 0 heterocycles. The molecule has 246 valence electrons. The Morgan fingerprint density at radius 3 is 2.11 bits per heavy atom. The summed E-state index contributed by atoms with van der Waals surface area (Å²) in [7, 11) is -4.21. The summed E-state index contributed by atoms with van der Waals surface area (Å²) in [5.41, 5.74) is 3.45. The second-order valence-electron chi connectivity index (χ2n) is 12.1. The molecule has 5 rings (SSSR count). The highest BCUT2D eigenvalue weighted by Gasteiger charge is 2.36. The molecule has 0 bridgehead atoms. The molecular weight excluding hydrogens is 653 g/mol. The van der Waals surface area contributed by atoms with Crippen LogP contribution in [0.2, 0.25) is 10.0 Å². The van der Waals surface area contributed by atoms with E-state index in [-0.39, 0.29) is 29.8 Å². The van der Waals surface area contributed by atoms with Gasteiger partial charge in [0.2, 0.25) is 11.8 Å². The molecule has 0 spiro atoms. The molecule has 1 aliphatic rings. The van der Waals surface area contributed by atoms with Gasteiger partial charge in [-0.25, -0.2) is 8.42 Å². The second kappa shape index (κ2) is 15.4. The van der Waals surface area contributed by atoms with E-state index in [1.807, 2.05) is 37.3 Å². The first-order valence-electron chi connectivity index (χ1n) is 15.7. The van der Waals surface area contributed by atoms with Crippen LogP contribution in [0, 0.1) is 13.8 Å². The van der Waals surface area contributed by atoms with Crippen LogP contribution in [-0.4, -0.2) is 43.8 Å².